The molecule has 9 heteroatoms. The van der Waals surface area contributed by atoms with Crippen LogP contribution >= 0.6 is 0 Å². The highest BCUT2D eigenvalue weighted by Crippen LogP contribution is 2.17. The number of benzene rings is 1. The number of nitro groups is 1. The third kappa shape index (κ3) is 4.70. The first-order chi connectivity index (χ1) is 8.59. The lowest BCUT2D eigenvalue weighted by Crippen LogP contribution is -2.02. The van der Waals surface area contributed by atoms with Crippen LogP contribution in [0.25, 0.3) is 0 Å². The summed E-state index contributed by atoms with van der Waals surface area (Å²) in [6.07, 6.45) is 1.72. The molecular formula is C9H8N4O5. The van der Waals surface area contributed by atoms with Gasteiger partial charge in [-0.3, -0.25) is 10.1 Å². The molecule has 0 unspecified atom stereocenters. The number of rotatable bonds is 2. The summed E-state index contributed by atoms with van der Waals surface area (Å²) >= 11 is 0. The lowest BCUT2D eigenvalue weighted by atomic mass is 10.3. The average Bonchev–Trinajstić information content (AvgIpc) is 2.87. The van der Waals surface area contributed by atoms with Gasteiger partial charge >= 0.3 is 6.16 Å². The number of hydrogen-bond acceptors (Lipinski definition) is 6. The van der Waals surface area contributed by atoms with Crippen LogP contribution in [0.5, 0.6) is 5.75 Å². The van der Waals surface area contributed by atoms with E-state index in [0.29, 0.717) is 0 Å². The predicted octanol–water partition coefficient (Wildman–Crippen LogP) is 1.46. The Bertz CT molecular complexity index is 479. The Labute approximate surface area is 100 Å². The summed E-state index contributed by atoms with van der Waals surface area (Å²) in [6.45, 7) is 0. The second-order valence-electron chi connectivity index (χ2n) is 2.78. The standard InChI is InChI=1S/C7H5NO5.C2H3N3/c9-7(10)13-6-3-1-5(2-4-6)8(11)12;1-2-4-5-3-1/h1-4H,(H,9,10);1-2H,(H,3,4,5). The van der Waals surface area contributed by atoms with Crippen molar-refractivity contribution in [3.8, 4) is 5.75 Å². The number of ether oxygens (including phenoxy) is 1. The van der Waals surface area contributed by atoms with Crippen LogP contribution in [0, 0.1) is 10.1 Å². The van der Waals surface area contributed by atoms with Gasteiger partial charge in [0.2, 0.25) is 0 Å². The van der Waals surface area contributed by atoms with E-state index in [9.17, 15) is 14.9 Å². The van der Waals surface area contributed by atoms with Crippen molar-refractivity contribution in [3.05, 3.63) is 46.8 Å². The Morgan fingerprint density at radius 2 is 1.83 bits per heavy atom. The summed E-state index contributed by atoms with van der Waals surface area (Å²) in [7, 11) is 0. The molecule has 0 radical (unpaired) electrons. The van der Waals surface area contributed by atoms with Crippen molar-refractivity contribution in [2.45, 2.75) is 0 Å². The Morgan fingerprint density at radius 1 is 1.28 bits per heavy atom. The van der Waals surface area contributed by atoms with Gasteiger partial charge in [0, 0.05) is 12.1 Å². The SMILES string of the molecule is O=C(O)Oc1ccc([N+](=O)[O-])cc1.c1cn[nH]n1. The molecule has 0 amide bonds. The van der Waals surface area contributed by atoms with Gasteiger partial charge in [0.1, 0.15) is 5.75 Å². The maximum Gasteiger partial charge on any atom is 0.511 e. The third-order valence-corrected chi connectivity index (χ3v) is 1.58. The average molecular weight is 252 g/mol. The molecule has 0 aliphatic rings. The predicted molar refractivity (Wildman–Crippen MR) is 58.1 cm³/mol. The van der Waals surface area contributed by atoms with Crippen molar-refractivity contribution in [3.63, 3.8) is 0 Å². The molecule has 0 spiro atoms. The van der Waals surface area contributed by atoms with Crippen molar-refractivity contribution < 1.29 is 19.6 Å². The smallest absolute Gasteiger partial charge is 0.449 e. The second kappa shape index (κ2) is 6.58. The maximum atomic E-state index is 10.2. The first kappa shape index (κ1) is 13.1. The van der Waals surface area contributed by atoms with Gasteiger partial charge in [-0.25, -0.2) is 4.79 Å². The quantitative estimate of drug-likeness (QED) is 0.358. The van der Waals surface area contributed by atoms with Gasteiger partial charge in [-0.1, -0.05) is 0 Å². The number of non-ortho nitro benzene ring substituents is 1. The van der Waals surface area contributed by atoms with E-state index in [1.54, 1.807) is 12.4 Å². The second-order valence-corrected chi connectivity index (χ2v) is 2.78. The molecule has 94 valence electrons. The Morgan fingerprint density at radius 3 is 2.17 bits per heavy atom. The van der Waals surface area contributed by atoms with E-state index in [-0.39, 0.29) is 11.4 Å². The van der Waals surface area contributed by atoms with E-state index in [0.717, 1.165) is 12.1 Å². The van der Waals surface area contributed by atoms with Gasteiger partial charge in [0.05, 0.1) is 17.3 Å². The highest BCUT2D eigenvalue weighted by molar-refractivity contribution is 5.61. The van der Waals surface area contributed by atoms with Gasteiger partial charge in [-0.15, -0.1) is 0 Å². The van der Waals surface area contributed by atoms with Gasteiger partial charge in [0.15, 0.2) is 0 Å². The fourth-order valence-corrected chi connectivity index (χ4v) is 0.903. The highest BCUT2D eigenvalue weighted by Gasteiger charge is 2.05. The molecule has 1 aromatic heterocycles. The first-order valence-corrected chi connectivity index (χ1v) is 4.54. The molecule has 18 heavy (non-hydrogen) atoms. The number of H-pyrrole nitrogens is 1. The Hall–Kier alpha value is -2.97. The van der Waals surface area contributed by atoms with Gasteiger partial charge < -0.3 is 9.84 Å². The number of aromatic nitrogens is 3. The van der Waals surface area contributed by atoms with E-state index < -0.39 is 11.1 Å². The minimum Gasteiger partial charge on any atom is -0.449 e. The van der Waals surface area contributed by atoms with E-state index in [2.05, 4.69) is 20.1 Å². The van der Waals surface area contributed by atoms with Crippen LogP contribution < -0.4 is 4.74 Å². The molecule has 0 aliphatic heterocycles. The Kier molecular flexibility index (Phi) is 4.79. The summed E-state index contributed by atoms with van der Waals surface area (Å²) in [6, 6.07) is 4.76. The van der Waals surface area contributed by atoms with Gasteiger partial charge in [-0.05, 0) is 12.1 Å². The summed E-state index contributed by atoms with van der Waals surface area (Å²) in [5, 5.41) is 27.7. The monoisotopic (exact) mass is 252 g/mol. The van der Waals surface area contributed by atoms with Crippen molar-refractivity contribution in [1.29, 1.82) is 0 Å². The summed E-state index contributed by atoms with van der Waals surface area (Å²) in [4.78, 5) is 19.6. The first-order valence-electron chi connectivity index (χ1n) is 4.54. The van der Waals surface area contributed by atoms with Crippen LogP contribution in [0.15, 0.2) is 36.7 Å². The van der Waals surface area contributed by atoms with Crippen molar-refractivity contribution >= 4 is 11.8 Å². The van der Waals surface area contributed by atoms with Crippen LogP contribution in [-0.2, 0) is 0 Å². The lowest BCUT2D eigenvalue weighted by Gasteiger charge is -1.97. The maximum absolute atomic E-state index is 10.2. The molecule has 0 aliphatic carbocycles. The van der Waals surface area contributed by atoms with Crippen LogP contribution in [0.3, 0.4) is 0 Å². The molecule has 0 saturated carbocycles. The number of hydrogen-bond donors (Lipinski definition) is 2. The Balaban J connectivity index is 0.000000269. The molecule has 2 rings (SSSR count). The summed E-state index contributed by atoms with van der Waals surface area (Å²) in [5.41, 5.74) is -0.113. The summed E-state index contributed by atoms with van der Waals surface area (Å²) < 4.78 is 4.24. The number of carbonyl (C=O) groups is 1. The van der Waals surface area contributed by atoms with E-state index in [4.69, 9.17) is 5.11 Å². The van der Waals surface area contributed by atoms with Crippen molar-refractivity contribution in [2.24, 2.45) is 0 Å². The van der Waals surface area contributed by atoms with Crippen LogP contribution in [0.2, 0.25) is 0 Å². The number of nitrogens with zero attached hydrogens (tertiary/aromatic N) is 3. The molecule has 0 saturated heterocycles. The number of carboxylic acid groups (broad SMARTS) is 1. The molecule has 0 atom stereocenters. The molecule has 1 aromatic carbocycles. The normalized spacial score (nSPS) is 8.89. The zero-order valence-electron chi connectivity index (χ0n) is 8.89. The fraction of sp³-hybridized carbons (Fsp3) is 0. The minimum absolute atomic E-state index is 0.0538. The van der Waals surface area contributed by atoms with Crippen molar-refractivity contribution in [2.75, 3.05) is 0 Å². The fourth-order valence-electron chi connectivity index (χ4n) is 0.903. The molecule has 0 bridgehead atoms. The molecule has 9 nitrogen and oxygen atoms in total. The largest absolute Gasteiger partial charge is 0.511 e. The number of nitro benzene ring substituents is 1. The number of nitrogens with one attached hydrogen (secondary N) is 1. The van der Waals surface area contributed by atoms with Gasteiger partial charge in [0.25, 0.3) is 5.69 Å². The van der Waals surface area contributed by atoms with Gasteiger partial charge in [-0.2, -0.15) is 15.4 Å². The highest BCUT2D eigenvalue weighted by atomic mass is 16.7. The topological polar surface area (TPSA) is 131 Å². The molecule has 2 N–H and O–H groups in total. The van der Waals surface area contributed by atoms with Crippen LogP contribution in [0.1, 0.15) is 0 Å². The van der Waals surface area contributed by atoms with E-state index in [1.807, 2.05) is 0 Å². The van der Waals surface area contributed by atoms with Crippen LogP contribution in [0.4, 0.5) is 10.5 Å². The summed E-state index contributed by atoms with van der Waals surface area (Å²) in [5.74, 6) is 0.0538. The third-order valence-electron chi connectivity index (χ3n) is 1.58. The molecule has 2 aromatic rings. The number of aromatic amines is 1. The molecule has 1 heterocycles. The minimum atomic E-state index is -1.45. The van der Waals surface area contributed by atoms with E-state index >= 15 is 0 Å². The zero-order chi connectivity index (χ0) is 13.4. The lowest BCUT2D eigenvalue weighted by molar-refractivity contribution is -0.384. The zero-order valence-corrected chi connectivity index (χ0v) is 8.89. The molecule has 0 fully saturated rings. The van der Waals surface area contributed by atoms with E-state index in [1.165, 1.54) is 12.1 Å². The van der Waals surface area contributed by atoms with Crippen LogP contribution in [-0.4, -0.2) is 31.6 Å². The molecular weight excluding hydrogens is 244 g/mol. The van der Waals surface area contributed by atoms with Crippen molar-refractivity contribution in [1.82, 2.24) is 15.4 Å².